The number of carbonyl (C=O) groups is 1. The van der Waals surface area contributed by atoms with Crippen LogP contribution in [0.1, 0.15) is 31.5 Å². The van der Waals surface area contributed by atoms with E-state index in [-0.39, 0.29) is 18.0 Å². The fourth-order valence-electron chi connectivity index (χ4n) is 2.36. The molecule has 0 bridgehead atoms. The Bertz CT molecular complexity index is 395. The number of rotatable bonds is 4. The second kappa shape index (κ2) is 6.00. The summed E-state index contributed by atoms with van der Waals surface area (Å²) < 4.78 is 12.6. The minimum Gasteiger partial charge on any atom is -0.469 e. The molecule has 0 atom stereocenters. The zero-order valence-corrected chi connectivity index (χ0v) is 11.0. The normalized spacial score (nSPS) is 23.9. The molecule has 5 nitrogen and oxygen atoms in total. The Morgan fingerprint density at radius 3 is 2.72 bits per heavy atom. The zero-order valence-electron chi connectivity index (χ0n) is 11.0. The van der Waals surface area contributed by atoms with Gasteiger partial charge in [-0.2, -0.15) is 0 Å². The van der Waals surface area contributed by atoms with Crippen molar-refractivity contribution in [1.29, 1.82) is 0 Å². The maximum Gasteiger partial charge on any atom is 0.308 e. The number of esters is 1. The number of imidazole rings is 1. The van der Waals surface area contributed by atoms with E-state index < -0.39 is 0 Å². The number of hydrogen-bond donors (Lipinski definition) is 0. The summed E-state index contributed by atoms with van der Waals surface area (Å²) in [7, 11) is 3.41. The summed E-state index contributed by atoms with van der Waals surface area (Å²) >= 11 is 0. The van der Waals surface area contributed by atoms with E-state index in [1.165, 1.54) is 7.11 Å². The molecule has 18 heavy (non-hydrogen) atoms. The van der Waals surface area contributed by atoms with Gasteiger partial charge in [-0.1, -0.05) is 0 Å². The first kappa shape index (κ1) is 13.1. The quantitative estimate of drug-likeness (QED) is 0.765. The molecule has 2 rings (SSSR count). The minimum absolute atomic E-state index is 0.0583. The molecule has 100 valence electrons. The highest BCUT2D eigenvalue weighted by atomic mass is 16.5. The lowest BCUT2D eigenvalue weighted by molar-refractivity contribution is -0.147. The third kappa shape index (κ3) is 3.10. The van der Waals surface area contributed by atoms with E-state index in [0.717, 1.165) is 31.5 Å². The van der Waals surface area contributed by atoms with Crippen molar-refractivity contribution in [3.8, 4) is 0 Å². The van der Waals surface area contributed by atoms with Gasteiger partial charge in [-0.3, -0.25) is 4.79 Å². The smallest absolute Gasteiger partial charge is 0.308 e. The minimum atomic E-state index is -0.0856. The van der Waals surface area contributed by atoms with Crippen molar-refractivity contribution in [3.05, 3.63) is 18.2 Å². The van der Waals surface area contributed by atoms with Crippen LogP contribution in [-0.2, 0) is 27.9 Å². The molecule has 1 fully saturated rings. The fourth-order valence-corrected chi connectivity index (χ4v) is 2.36. The van der Waals surface area contributed by atoms with Crippen molar-refractivity contribution >= 4 is 5.97 Å². The first-order valence-corrected chi connectivity index (χ1v) is 6.36. The van der Waals surface area contributed by atoms with Gasteiger partial charge in [-0.05, 0) is 25.7 Å². The topological polar surface area (TPSA) is 53.4 Å². The van der Waals surface area contributed by atoms with Crippen LogP contribution in [0.25, 0.3) is 0 Å². The molecule has 0 aromatic carbocycles. The van der Waals surface area contributed by atoms with Gasteiger partial charge in [0, 0.05) is 19.4 Å². The fraction of sp³-hybridized carbons (Fsp3) is 0.692. The maximum atomic E-state index is 11.4. The van der Waals surface area contributed by atoms with Gasteiger partial charge < -0.3 is 14.0 Å². The van der Waals surface area contributed by atoms with E-state index in [0.29, 0.717) is 6.61 Å². The van der Waals surface area contributed by atoms with Gasteiger partial charge in [0.25, 0.3) is 0 Å². The van der Waals surface area contributed by atoms with Crippen LogP contribution in [0.15, 0.2) is 12.4 Å². The van der Waals surface area contributed by atoms with Gasteiger partial charge in [-0.25, -0.2) is 4.98 Å². The Labute approximate surface area is 107 Å². The lowest BCUT2D eigenvalue weighted by Gasteiger charge is -2.26. The Morgan fingerprint density at radius 2 is 2.17 bits per heavy atom. The predicted molar refractivity (Wildman–Crippen MR) is 65.8 cm³/mol. The van der Waals surface area contributed by atoms with Crippen molar-refractivity contribution in [2.75, 3.05) is 7.11 Å². The third-order valence-corrected chi connectivity index (χ3v) is 3.58. The van der Waals surface area contributed by atoms with Crippen molar-refractivity contribution in [3.63, 3.8) is 0 Å². The molecule has 0 amide bonds. The summed E-state index contributed by atoms with van der Waals surface area (Å²) in [5.74, 6) is 0.908. The van der Waals surface area contributed by atoms with Crippen LogP contribution in [0.4, 0.5) is 0 Å². The number of hydrogen-bond acceptors (Lipinski definition) is 4. The molecular formula is C13H20N2O3. The van der Waals surface area contributed by atoms with E-state index >= 15 is 0 Å². The number of ether oxygens (including phenoxy) is 2. The van der Waals surface area contributed by atoms with Gasteiger partial charge in [-0.15, -0.1) is 0 Å². The van der Waals surface area contributed by atoms with E-state index in [1.807, 2.05) is 17.8 Å². The van der Waals surface area contributed by atoms with Crippen LogP contribution in [0.5, 0.6) is 0 Å². The highest BCUT2D eigenvalue weighted by Gasteiger charge is 2.27. The summed E-state index contributed by atoms with van der Waals surface area (Å²) in [4.78, 5) is 15.6. The Hall–Kier alpha value is -1.36. The van der Waals surface area contributed by atoms with E-state index in [2.05, 4.69) is 4.98 Å². The van der Waals surface area contributed by atoms with Crippen LogP contribution >= 0.6 is 0 Å². The molecule has 0 unspecified atom stereocenters. The molecule has 0 saturated heterocycles. The molecule has 1 heterocycles. The molecule has 0 aliphatic heterocycles. The molecule has 0 radical (unpaired) electrons. The summed E-state index contributed by atoms with van der Waals surface area (Å²) in [5, 5.41) is 0. The molecule has 5 heteroatoms. The molecule has 1 saturated carbocycles. The standard InChI is InChI=1S/C13H20N2O3/c1-15-8-7-14-12(15)9-18-11-5-3-10(4-6-11)13(16)17-2/h7-8,10-11H,3-6,9H2,1-2H3. The molecular weight excluding hydrogens is 232 g/mol. The van der Waals surface area contributed by atoms with Crippen LogP contribution in [0.3, 0.4) is 0 Å². The van der Waals surface area contributed by atoms with Crippen molar-refractivity contribution in [2.24, 2.45) is 13.0 Å². The summed E-state index contributed by atoms with van der Waals surface area (Å²) in [5.41, 5.74) is 0. The Kier molecular flexibility index (Phi) is 4.36. The van der Waals surface area contributed by atoms with Gasteiger partial charge in [0.05, 0.1) is 19.1 Å². The van der Waals surface area contributed by atoms with Crippen LogP contribution in [0.2, 0.25) is 0 Å². The van der Waals surface area contributed by atoms with Gasteiger partial charge in [0.15, 0.2) is 0 Å². The van der Waals surface area contributed by atoms with E-state index in [9.17, 15) is 4.79 Å². The van der Waals surface area contributed by atoms with Gasteiger partial charge in [0.1, 0.15) is 12.4 Å². The second-order valence-electron chi connectivity index (χ2n) is 4.76. The van der Waals surface area contributed by atoms with Crippen molar-refractivity contribution < 1.29 is 14.3 Å². The SMILES string of the molecule is COC(=O)C1CCC(OCc2nccn2C)CC1. The summed E-state index contributed by atoms with van der Waals surface area (Å²) in [6, 6.07) is 0. The maximum absolute atomic E-state index is 11.4. The first-order valence-electron chi connectivity index (χ1n) is 6.36. The average Bonchev–Trinajstić information content (AvgIpc) is 2.81. The number of nitrogens with zero attached hydrogens (tertiary/aromatic N) is 2. The molecule has 1 aliphatic rings. The number of methoxy groups -OCH3 is 1. The van der Waals surface area contributed by atoms with Crippen molar-refractivity contribution in [2.45, 2.75) is 38.4 Å². The molecule has 1 aromatic rings. The Balaban J connectivity index is 1.74. The van der Waals surface area contributed by atoms with Gasteiger partial charge in [0.2, 0.25) is 0 Å². The number of carbonyl (C=O) groups excluding carboxylic acids is 1. The van der Waals surface area contributed by atoms with Crippen LogP contribution in [0, 0.1) is 5.92 Å². The monoisotopic (exact) mass is 252 g/mol. The Morgan fingerprint density at radius 1 is 1.44 bits per heavy atom. The third-order valence-electron chi connectivity index (χ3n) is 3.58. The summed E-state index contributed by atoms with van der Waals surface area (Å²) in [6.07, 6.45) is 7.48. The molecule has 1 aromatic heterocycles. The number of aryl methyl sites for hydroxylation is 1. The lowest BCUT2D eigenvalue weighted by atomic mass is 9.87. The highest BCUT2D eigenvalue weighted by molar-refractivity contribution is 5.72. The number of aromatic nitrogens is 2. The van der Waals surface area contributed by atoms with Gasteiger partial charge >= 0.3 is 5.97 Å². The van der Waals surface area contributed by atoms with Crippen molar-refractivity contribution in [1.82, 2.24) is 9.55 Å². The van der Waals surface area contributed by atoms with Crippen LogP contribution < -0.4 is 0 Å². The summed E-state index contributed by atoms with van der Waals surface area (Å²) in [6.45, 7) is 0.539. The zero-order chi connectivity index (χ0) is 13.0. The molecule has 0 spiro atoms. The van der Waals surface area contributed by atoms with Crippen LogP contribution in [-0.4, -0.2) is 28.7 Å². The highest BCUT2D eigenvalue weighted by Crippen LogP contribution is 2.27. The lowest BCUT2D eigenvalue weighted by Crippen LogP contribution is -2.27. The first-order chi connectivity index (χ1) is 8.70. The largest absolute Gasteiger partial charge is 0.469 e. The average molecular weight is 252 g/mol. The van der Waals surface area contributed by atoms with E-state index in [4.69, 9.17) is 9.47 Å². The second-order valence-corrected chi connectivity index (χ2v) is 4.76. The predicted octanol–water partition coefficient (Wildman–Crippen LogP) is 1.67. The van der Waals surface area contributed by atoms with E-state index in [1.54, 1.807) is 6.20 Å². The molecule has 1 aliphatic carbocycles. The molecule has 0 N–H and O–H groups in total.